The summed E-state index contributed by atoms with van der Waals surface area (Å²) in [4.78, 5) is 12.1. The van der Waals surface area contributed by atoms with Crippen LogP contribution < -0.4 is 10.6 Å². The molecule has 2 saturated heterocycles. The molecule has 1 aromatic rings. The van der Waals surface area contributed by atoms with Crippen LogP contribution in [0.1, 0.15) is 30.4 Å². The second kappa shape index (κ2) is 7.58. The zero-order valence-electron chi connectivity index (χ0n) is 13.8. The van der Waals surface area contributed by atoms with Crippen molar-refractivity contribution >= 4 is 17.8 Å². The van der Waals surface area contributed by atoms with Crippen LogP contribution in [0.15, 0.2) is 24.3 Å². The van der Waals surface area contributed by atoms with Crippen LogP contribution in [0.4, 0.5) is 4.79 Å². The van der Waals surface area contributed by atoms with E-state index in [1.54, 1.807) is 0 Å². The first-order valence-corrected chi connectivity index (χ1v) is 9.62. The maximum Gasteiger partial charge on any atom is 0.315 e. The number of ether oxygens (including phenoxy) is 1. The molecule has 0 aromatic heterocycles. The van der Waals surface area contributed by atoms with Gasteiger partial charge in [0.25, 0.3) is 0 Å². The van der Waals surface area contributed by atoms with Crippen LogP contribution in [0, 0.1) is 6.92 Å². The summed E-state index contributed by atoms with van der Waals surface area (Å²) in [5.41, 5.74) is 2.53. The van der Waals surface area contributed by atoms with Crippen LogP contribution in [-0.2, 0) is 11.2 Å². The van der Waals surface area contributed by atoms with Gasteiger partial charge in [-0.15, -0.1) is 0 Å². The lowest BCUT2D eigenvalue weighted by atomic mass is 9.90. The molecule has 4 nitrogen and oxygen atoms in total. The fourth-order valence-corrected chi connectivity index (χ4v) is 4.70. The normalized spacial score (nSPS) is 27.1. The summed E-state index contributed by atoms with van der Waals surface area (Å²) >= 11 is 1.96. The molecular weight excluding hydrogens is 308 g/mol. The number of nitrogens with one attached hydrogen (secondary N) is 2. The van der Waals surface area contributed by atoms with E-state index in [-0.39, 0.29) is 17.7 Å². The van der Waals surface area contributed by atoms with Gasteiger partial charge in [-0.3, -0.25) is 0 Å². The average molecular weight is 334 g/mol. The fraction of sp³-hybridized carbons (Fsp3) is 0.611. The minimum atomic E-state index is -0.0511. The number of thioether (sulfide) groups is 1. The average Bonchev–Trinajstić information content (AvgIpc) is 2.97. The van der Waals surface area contributed by atoms with Crippen LogP contribution in [0.3, 0.4) is 0 Å². The molecule has 0 bridgehead atoms. The molecule has 23 heavy (non-hydrogen) atoms. The van der Waals surface area contributed by atoms with Crippen molar-refractivity contribution in [3.63, 3.8) is 0 Å². The lowest BCUT2D eigenvalue weighted by molar-refractivity contribution is -0.0684. The highest BCUT2D eigenvalue weighted by atomic mass is 32.2. The number of benzene rings is 1. The standard InChI is InChI=1S/C18H26N2O2S/c1-14-2-4-15(5-3-14)6-9-19-17(21)20-16-7-10-22-18(12-16)8-11-23-13-18/h2-5,16H,6-13H2,1H3,(H2,19,20,21)/t16-,18+/m1/s1. The smallest absolute Gasteiger partial charge is 0.315 e. The Labute approximate surface area is 142 Å². The molecule has 0 saturated carbocycles. The van der Waals surface area contributed by atoms with Gasteiger partial charge in [-0.05, 0) is 43.9 Å². The Kier molecular flexibility index (Phi) is 5.49. The Morgan fingerprint density at radius 1 is 1.39 bits per heavy atom. The summed E-state index contributed by atoms with van der Waals surface area (Å²) in [5.74, 6) is 2.25. The van der Waals surface area contributed by atoms with Crippen molar-refractivity contribution in [3.8, 4) is 0 Å². The maximum absolute atomic E-state index is 12.1. The summed E-state index contributed by atoms with van der Waals surface area (Å²) in [6.45, 7) is 3.51. The quantitative estimate of drug-likeness (QED) is 0.890. The third-order valence-electron chi connectivity index (χ3n) is 4.72. The van der Waals surface area contributed by atoms with Gasteiger partial charge in [-0.1, -0.05) is 29.8 Å². The Balaban J connectivity index is 1.39. The van der Waals surface area contributed by atoms with Crippen LogP contribution >= 0.6 is 11.8 Å². The van der Waals surface area contributed by atoms with Crippen LogP contribution in [0.2, 0.25) is 0 Å². The Morgan fingerprint density at radius 2 is 2.22 bits per heavy atom. The molecule has 5 heteroatoms. The van der Waals surface area contributed by atoms with E-state index in [0.29, 0.717) is 6.54 Å². The number of rotatable bonds is 4. The number of hydrogen-bond acceptors (Lipinski definition) is 3. The maximum atomic E-state index is 12.1. The van der Waals surface area contributed by atoms with Crippen molar-refractivity contribution in [3.05, 3.63) is 35.4 Å². The highest BCUT2D eigenvalue weighted by Gasteiger charge is 2.40. The van der Waals surface area contributed by atoms with E-state index in [1.807, 2.05) is 11.8 Å². The Bertz CT molecular complexity index is 526. The highest BCUT2D eigenvalue weighted by molar-refractivity contribution is 7.99. The molecule has 0 unspecified atom stereocenters. The molecule has 2 aliphatic heterocycles. The number of carbonyl (C=O) groups excluding carboxylic acids is 1. The number of amides is 2. The van der Waals surface area contributed by atoms with Gasteiger partial charge < -0.3 is 15.4 Å². The predicted octanol–water partition coefficient (Wildman–Crippen LogP) is 2.89. The van der Waals surface area contributed by atoms with Gasteiger partial charge in [0.1, 0.15) is 0 Å². The molecule has 1 aromatic carbocycles. The lowest BCUT2D eigenvalue weighted by Crippen LogP contribution is -2.51. The molecule has 0 radical (unpaired) electrons. The molecule has 1 spiro atoms. The number of carbonyl (C=O) groups is 1. The zero-order chi connectivity index (χ0) is 16.1. The second-order valence-electron chi connectivity index (χ2n) is 6.66. The van der Waals surface area contributed by atoms with E-state index in [9.17, 15) is 4.79 Å². The molecule has 2 aliphatic rings. The van der Waals surface area contributed by atoms with Crippen molar-refractivity contribution in [2.45, 2.75) is 44.2 Å². The van der Waals surface area contributed by atoms with Gasteiger partial charge in [0.15, 0.2) is 0 Å². The van der Waals surface area contributed by atoms with E-state index < -0.39 is 0 Å². The third kappa shape index (κ3) is 4.64. The first-order valence-electron chi connectivity index (χ1n) is 8.47. The molecule has 2 atom stereocenters. The molecule has 3 rings (SSSR count). The molecule has 2 heterocycles. The van der Waals surface area contributed by atoms with E-state index in [2.05, 4.69) is 41.8 Å². The Hall–Kier alpha value is -1.20. The molecule has 126 valence electrons. The van der Waals surface area contributed by atoms with E-state index in [0.717, 1.165) is 38.0 Å². The van der Waals surface area contributed by atoms with Crippen LogP contribution in [0.25, 0.3) is 0 Å². The second-order valence-corrected chi connectivity index (χ2v) is 7.76. The largest absolute Gasteiger partial charge is 0.374 e. The Morgan fingerprint density at radius 3 is 2.96 bits per heavy atom. The van der Waals surface area contributed by atoms with E-state index in [4.69, 9.17) is 4.74 Å². The van der Waals surface area contributed by atoms with E-state index >= 15 is 0 Å². The van der Waals surface area contributed by atoms with Gasteiger partial charge >= 0.3 is 6.03 Å². The van der Waals surface area contributed by atoms with Crippen molar-refractivity contribution in [2.24, 2.45) is 0 Å². The van der Waals surface area contributed by atoms with Gasteiger partial charge in [0.05, 0.1) is 5.60 Å². The van der Waals surface area contributed by atoms with E-state index in [1.165, 1.54) is 16.9 Å². The van der Waals surface area contributed by atoms with Crippen molar-refractivity contribution in [1.82, 2.24) is 10.6 Å². The van der Waals surface area contributed by atoms with Gasteiger partial charge in [-0.2, -0.15) is 11.8 Å². The van der Waals surface area contributed by atoms with Crippen molar-refractivity contribution in [2.75, 3.05) is 24.7 Å². The van der Waals surface area contributed by atoms with Crippen LogP contribution in [0.5, 0.6) is 0 Å². The molecule has 2 N–H and O–H groups in total. The molecule has 0 aliphatic carbocycles. The predicted molar refractivity (Wildman–Crippen MR) is 95.1 cm³/mol. The summed E-state index contributed by atoms with van der Waals surface area (Å²) in [7, 11) is 0. The third-order valence-corrected chi connectivity index (χ3v) is 5.94. The fourth-order valence-electron chi connectivity index (χ4n) is 3.33. The van der Waals surface area contributed by atoms with Crippen molar-refractivity contribution in [1.29, 1.82) is 0 Å². The van der Waals surface area contributed by atoms with Gasteiger partial charge in [0, 0.05) is 24.9 Å². The SMILES string of the molecule is Cc1ccc(CCNC(=O)N[C@@H]2CCO[C@@]3(CCSC3)C2)cc1. The first-order chi connectivity index (χ1) is 11.2. The molecule has 2 amide bonds. The topological polar surface area (TPSA) is 50.4 Å². The summed E-state index contributed by atoms with van der Waals surface area (Å²) in [5, 5.41) is 6.10. The molecular formula is C18H26N2O2S. The first kappa shape index (κ1) is 16.7. The summed E-state index contributed by atoms with van der Waals surface area (Å²) < 4.78 is 5.99. The summed E-state index contributed by atoms with van der Waals surface area (Å²) in [6.07, 6.45) is 3.84. The monoisotopic (exact) mass is 334 g/mol. The summed E-state index contributed by atoms with van der Waals surface area (Å²) in [6, 6.07) is 8.64. The minimum Gasteiger partial charge on any atom is -0.374 e. The number of urea groups is 1. The highest BCUT2D eigenvalue weighted by Crippen LogP contribution is 2.38. The number of hydrogen-bond donors (Lipinski definition) is 2. The number of aryl methyl sites for hydroxylation is 1. The molecule has 2 fully saturated rings. The van der Waals surface area contributed by atoms with Gasteiger partial charge in [0.2, 0.25) is 0 Å². The minimum absolute atomic E-state index is 0.0166. The zero-order valence-corrected chi connectivity index (χ0v) is 14.6. The van der Waals surface area contributed by atoms with Gasteiger partial charge in [-0.25, -0.2) is 4.79 Å². The van der Waals surface area contributed by atoms with Crippen molar-refractivity contribution < 1.29 is 9.53 Å². The lowest BCUT2D eigenvalue weighted by Gasteiger charge is -2.37. The van der Waals surface area contributed by atoms with Crippen LogP contribution in [-0.4, -0.2) is 42.3 Å².